The van der Waals surface area contributed by atoms with E-state index in [1.807, 2.05) is 0 Å². The number of rotatable bonds is 6. The third-order valence-electron chi connectivity index (χ3n) is 5.91. The van der Waals surface area contributed by atoms with Gasteiger partial charge in [-0.1, -0.05) is 23.2 Å². The molecule has 1 N–H and O–H groups in total. The van der Waals surface area contributed by atoms with Crippen molar-refractivity contribution < 1.29 is 27.8 Å². The fourth-order valence-corrected chi connectivity index (χ4v) is 4.40. The van der Waals surface area contributed by atoms with Crippen LogP contribution < -0.4 is 19.7 Å². The molecule has 1 saturated heterocycles. The van der Waals surface area contributed by atoms with Gasteiger partial charge in [-0.05, 0) is 24.3 Å². The molecule has 1 aliphatic rings. The molecule has 0 radical (unpaired) electrons. The summed E-state index contributed by atoms with van der Waals surface area (Å²) in [5, 5.41) is 3.17. The van der Waals surface area contributed by atoms with Gasteiger partial charge in [-0.25, -0.2) is 8.78 Å². The van der Waals surface area contributed by atoms with Crippen LogP contribution in [0.15, 0.2) is 48.8 Å². The smallest absolute Gasteiger partial charge is 0.259 e. The Morgan fingerprint density at radius 2 is 1.76 bits per heavy atom. The summed E-state index contributed by atoms with van der Waals surface area (Å²) in [5.41, 5.74) is 0.728. The Morgan fingerprint density at radius 1 is 1.03 bits per heavy atom. The number of piperazine rings is 1. The first-order valence-electron chi connectivity index (χ1n) is 11.1. The Balaban J connectivity index is 1.65. The highest BCUT2D eigenvalue weighted by Gasteiger charge is 2.36. The van der Waals surface area contributed by atoms with Gasteiger partial charge in [0.25, 0.3) is 5.91 Å². The number of benzene rings is 2. The van der Waals surface area contributed by atoms with E-state index in [1.165, 1.54) is 24.4 Å². The summed E-state index contributed by atoms with van der Waals surface area (Å²) in [4.78, 5) is 34.0. The van der Waals surface area contributed by atoms with Crippen LogP contribution in [0.4, 0.5) is 20.2 Å². The number of nitrogens with zero attached hydrogens (tertiary/aromatic N) is 3. The Morgan fingerprint density at radius 3 is 2.41 bits per heavy atom. The first-order chi connectivity index (χ1) is 17.7. The first-order valence-corrected chi connectivity index (χ1v) is 11.8. The highest BCUT2D eigenvalue weighted by Crippen LogP contribution is 2.31. The van der Waals surface area contributed by atoms with Gasteiger partial charge >= 0.3 is 0 Å². The third kappa shape index (κ3) is 5.55. The van der Waals surface area contributed by atoms with Crippen molar-refractivity contribution in [3.05, 3.63) is 76.0 Å². The fourth-order valence-electron chi connectivity index (χ4n) is 4.11. The number of anilines is 2. The average molecular weight is 551 g/mol. The number of halogens is 4. The van der Waals surface area contributed by atoms with E-state index < -0.39 is 29.3 Å². The van der Waals surface area contributed by atoms with Crippen molar-refractivity contribution >= 4 is 46.4 Å². The molecule has 2 amide bonds. The van der Waals surface area contributed by atoms with Crippen molar-refractivity contribution in [3.63, 3.8) is 0 Å². The lowest BCUT2D eigenvalue weighted by molar-refractivity contribution is -0.118. The van der Waals surface area contributed by atoms with Crippen LogP contribution in [0.25, 0.3) is 0 Å². The standard InChI is InChI=1S/C25H22Cl2F2N4O4/c1-36-22-5-6-30-12-16(22)25(35)32-7-8-33(15-3-4-17(26)18(27)11-15)21(13-32)24(34)31-14-9-19(28)23(37-2)20(29)10-14/h3-6,9-12,21H,7-8,13H2,1-2H3,(H,31,34)/t21-/m0/s1. The van der Waals surface area contributed by atoms with Crippen molar-refractivity contribution in [1.29, 1.82) is 0 Å². The highest BCUT2D eigenvalue weighted by molar-refractivity contribution is 6.42. The van der Waals surface area contributed by atoms with Gasteiger partial charge in [0.1, 0.15) is 11.8 Å². The summed E-state index contributed by atoms with van der Waals surface area (Å²) in [7, 11) is 2.58. The van der Waals surface area contributed by atoms with Crippen LogP contribution in [0.1, 0.15) is 10.4 Å². The number of nitrogens with one attached hydrogen (secondary N) is 1. The SMILES string of the molecule is COc1ccncc1C(=O)N1CCN(c2ccc(Cl)c(Cl)c2)[C@H](C(=O)Nc2cc(F)c(OC)c(F)c2)C1. The molecule has 0 spiro atoms. The molecule has 2 aromatic carbocycles. The van der Waals surface area contributed by atoms with Gasteiger partial charge in [0, 0.05) is 49.0 Å². The van der Waals surface area contributed by atoms with Gasteiger partial charge in [-0.15, -0.1) is 0 Å². The summed E-state index contributed by atoms with van der Waals surface area (Å²) >= 11 is 12.3. The Labute approximate surface area is 221 Å². The van der Waals surface area contributed by atoms with Crippen LogP contribution in [0.5, 0.6) is 11.5 Å². The second-order valence-corrected chi connectivity index (χ2v) is 8.91. The second kappa shape index (κ2) is 11.2. The minimum absolute atomic E-state index is 0.0376. The number of carbonyl (C=O) groups is 2. The minimum Gasteiger partial charge on any atom is -0.496 e. The molecule has 0 unspecified atom stereocenters. The average Bonchev–Trinajstić information content (AvgIpc) is 2.89. The molecule has 4 rings (SSSR count). The molecule has 3 aromatic rings. The van der Waals surface area contributed by atoms with E-state index >= 15 is 0 Å². The van der Waals surface area contributed by atoms with Gasteiger partial charge in [0.15, 0.2) is 17.4 Å². The summed E-state index contributed by atoms with van der Waals surface area (Å²) in [6, 6.07) is 7.44. The number of methoxy groups -OCH3 is 2. The normalized spacial score (nSPS) is 15.4. The zero-order valence-electron chi connectivity index (χ0n) is 19.8. The topological polar surface area (TPSA) is 84.0 Å². The van der Waals surface area contributed by atoms with Crippen molar-refractivity contribution in [3.8, 4) is 11.5 Å². The first kappa shape index (κ1) is 26.4. The molecule has 1 aromatic heterocycles. The number of pyridine rings is 1. The molecular weight excluding hydrogens is 529 g/mol. The lowest BCUT2D eigenvalue weighted by atomic mass is 10.1. The largest absolute Gasteiger partial charge is 0.496 e. The summed E-state index contributed by atoms with van der Waals surface area (Å²) in [5.74, 6) is -3.12. The zero-order valence-corrected chi connectivity index (χ0v) is 21.3. The molecule has 12 heteroatoms. The van der Waals surface area contributed by atoms with E-state index in [1.54, 1.807) is 29.2 Å². The predicted octanol–water partition coefficient (Wildman–Crippen LogP) is 4.65. The third-order valence-corrected chi connectivity index (χ3v) is 6.65. The number of carbonyl (C=O) groups excluding carboxylic acids is 2. The van der Waals surface area contributed by atoms with Crippen molar-refractivity contribution in [2.75, 3.05) is 44.1 Å². The molecule has 1 fully saturated rings. The van der Waals surface area contributed by atoms with E-state index in [2.05, 4.69) is 10.3 Å². The maximum Gasteiger partial charge on any atom is 0.259 e. The molecule has 1 aliphatic heterocycles. The summed E-state index contributed by atoms with van der Waals surface area (Å²) in [6.07, 6.45) is 2.89. The van der Waals surface area contributed by atoms with E-state index in [0.717, 1.165) is 19.2 Å². The van der Waals surface area contributed by atoms with Crippen LogP contribution in [0.2, 0.25) is 10.0 Å². The lowest BCUT2D eigenvalue weighted by Gasteiger charge is -2.42. The number of amides is 2. The van der Waals surface area contributed by atoms with Gasteiger partial charge in [0.2, 0.25) is 5.91 Å². The van der Waals surface area contributed by atoms with Crippen LogP contribution in [-0.4, -0.2) is 61.6 Å². The Bertz CT molecular complexity index is 1320. The van der Waals surface area contributed by atoms with Gasteiger partial charge in [-0.2, -0.15) is 0 Å². The summed E-state index contributed by atoms with van der Waals surface area (Å²) in [6.45, 7) is 0.493. The van der Waals surface area contributed by atoms with E-state index in [9.17, 15) is 18.4 Å². The van der Waals surface area contributed by atoms with Gasteiger partial charge < -0.3 is 24.6 Å². The molecule has 0 aliphatic carbocycles. The second-order valence-electron chi connectivity index (χ2n) is 8.10. The van der Waals surface area contributed by atoms with Crippen molar-refractivity contribution in [1.82, 2.24) is 9.88 Å². The van der Waals surface area contributed by atoms with E-state index in [0.29, 0.717) is 16.5 Å². The molecule has 1 atom stereocenters. The predicted molar refractivity (Wildman–Crippen MR) is 136 cm³/mol. The molecule has 0 bridgehead atoms. The highest BCUT2D eigenvalue weighted by atomic mass is 35.5. The van der Waals surface area contributed by atoms with Crippen molar-refractivity contribution in [2.45, 2.75) is 6.04 Å². The Kier molecular flexibility index (Phi) is 7.99. The van der Waals surface area contributed by atoms with Crippen molar-refractivity contribution in [2.24, 2.45) is 0 Å². The molecule has 0 saturated carbocycles. The van der Waals surface area contributed by atoms with Crippen LogP contribution >= 0.6 is 23.2 Å². The van der Waals surface area contributed by atoms with Gasteiger partial charge in [0.05, 0.1) is 36.4 Å². The maximum atomic E-state index is 14.2. The number of hydrogen-bond acceptors (Lipinski definition) is 6. The Hall–Kier alpha value is -3.63. The monoisotopic (exact) mass is 550 g/mol. The lowest BCUT2D eigenvalue weighted by Crippen LogP contribution is -2.59. The minimum atomic E-state index is -0.969. The van der Waals surface area contributed by atoms with Crippen LogP contribution in [-0.2, 0) is 4.79 Å². The van der Waals surface area contributed by atoms with E-state index in [4.69, 9.17) is 32.7 Å². The fraction of sp³-hybridized carbons (Fsp3) is 0.240. The molecule has 194 valence electrons. The van der Waals surface area contributed by atoms with E-state index in [-0.39, 0.29) is 41.8 Å². The number of hydrogen-bond donors (Lipinski definition) is 1. The van der Waals surface area contributed by atoms with Crippen LogP contribution in [0.3, 0.4) is 0 Å². The zero-order chi connectivity index (χ0) is 26.7. The summed E-state index contributed by atoms with van der Waals surface area (Å²) < 4.78 is 38.4. The molecule has 2 heterocycles. The van der Waals surface area contributed by atoms with Gasteiger partial charge in [-0.3, -0.25) is 14.6 Å². The number of ether oxygens (including phenoxy) is 2. The van der Waals surface area contributed by atoms with Crippen LogP contribution in [0, 0.1) is 11.6 Å². The molecule has 37 heavy (non-hydrogen) atoms. The maximum absolute atomic E-state index is 14.2. The number of aromatic nitrogens is 1. The quantitative estimate of drug-likeness (QED) is 0.480. The molecular formula is C25H22Cl2F2N4O4. The molecule has 8 nitrogen and oxygen atoms in total.